The molecule has 3 atom stereocenters. The average molecular weight is 538 g/mol. The second-order valence-electron chi connectivity index (χ2n) is 10.9. The lowest BCUT2D eigenvalue weighted by molar-refractivity contribution is 0.0692. The molecule has 0 aliphatic carbocycles. The average Bonchev–Trinajstić information content (AvgIpc) is 3.66. The summed E-state index contributed by atoms with van der Waals surface area (Å²) in [6.07, 6.45) is 7.21. The molecule has 7 nitrogen and oxygen atoms in total. The molecule has 2 aromatic carbocycles. The molecule has 0 spiro atoms. The van der Waals surface area contributed by atoms with Crippen molar-refractivity contribution in [2.75, 3.05) is 6.54 Å². The summed E-state index contributed by atoms with van der Waals surface area (Å²) in [6, 6.07) is 18.0. The summed E-state index contributed by atoms with van der Waals surface area (Å²) in [4.78, 5) is 15.9. The predicted octanol–water partition coefficient (Wildman–Crippen LogP) is 6.68. The zero-order chi connectivity index (χ0) is 28.9. The van der Waals surface area contributed by atoms with E-state index in [1.165, 1.54) is 0 Å². The largest absolute Gasteiger partial charge is 0.419 e. The van der Waals surface area contributed by atoms with Gasteiger partial charge in [-0.05, 0) is 80.9 Å². The Morgan fingerprint density at radius 2 is 1.93 bits per heavy atom. The Bertz CT molecular complexity index is 1440. The lowest BCUT2D eigenvalue weighted by atomic mass is 9.93. The lowest BCUT2D eigenvalue weighted by Gasteiger charge is -2.29. The summed E-state index contributed by atoms with van der Waals surface area (Å²) in [5.41, 5.74) is 10.0. The molecule has 1 aliphatic heterocycles. The quantitative estimate of drug-likeness (QED) is 0.241. The molecule has 1 amide bonds. The second-order valence-corrected chi connectivity index (χ2v) is 10.9. The predicted molar refractivity (Wildman–Crippen MR) is 158 cm³/mol. The topological polar surface area (TPSA) is 109 Å². The first-order valence-corrected chi connectivity index (χ1v) is 14.1. The Kier molecular flexibility index (Phi) is 9.01. The number of nitrogens with two attached hydrogens (primary N) is 1. The van der Waals surface area contributed by atoms with E-state index in [1.54, 1.807) is 6.08 Å². The van der Waals surface area contributed by atoms with Crippen LogP contribution in [0.25, 0.3) is 17.0 Å². The van der Waals surface area contributed by atoms with Gasteiger partial charge in [0, 0.05) is 23.7 Å². The number of carbonyl (C=O) groups is 1. The smallest absolute Gasteiger partial charge is 0.254 e. The first-order chi connectivity index (χ1) is 19.2. The maximum Gasteiger partial charge on any atom is 0.254 e. The third kappa shape index (κ3) is 6.08. The Morgan fingerprint density at radius 1 is 1.20 bits per heavy atom. The molecule has 0 bridgehead atoms. The van der Waals surface area contributed by atoms with Crippen molar-refractivity contribution in [3.8, 4) is 17.5 Å². The molecule has 1 fully saturated rings. The zero-order valence-corrected chi connectivity index (χ0v) is 24.1. The third-order valence-electron chi connectivity index (χ3n) is 7.91. The fourth-order valence-corrected chi connectivity index (χ4v) is 5.53. The number of nitrogens with zero attached hydrogens (tertiary/aromatic N) is 4. The highest BCUT2D eigenvalue weighted by Gasteiger charge is 2.33. The number of carbonyl (C=O) groups excluding carboxylic acids is 1. The van der Waals surface area contributed by atoms with Gasteiger partial charge >= 0.3 is 0 Å². The molecule has 2 heterocycles. The molecular weight excluding hydrogens is 498 g/mol. The van der Waals surface area contributed by atoms with E-state index in [1.807, 2.05) is 80.3 Å². The van der Waals surface area contributed by atoms with Crippen molar-refractivity contribution in [2.24, 2.45) is 11.7 Å². The number of nitriles is 1. The molecule has 0 saturated carbocycles. The molecule has 208 valence electrons. The van der Waals surface area contributed by atoms with Crippen molar-refractivity contribution < 1.29 is 9.21 Å². The van der Waals surface area contributed by atoms with Gasteiger partial charge in [-0.25, -0.2) is 0 Å². The summed E-state index contributed by atoms with van der Waals surface area (Å²) >= 11 is 0. The first-order valence-electron chi connectivity index (χ1n) is 14.1. The van der Waals surface area contributed by atoms with Gasteiger partial charge in [0.15, 0.2) is 0 Å². The molecule has 7 heteroatoms. The third-order valence-corrected chi connectivity index (χ3v) is 7.91. The molecular formula is C33H39N5O2. The van der Waals surface area contributed by atoms with Gasteiger partial charge in [-0.2, -0.15) is 5.26 Å². The van der Waals surface area contributed by atoms with Crippen LogP contribution in [-0.4, -0.2) is 33.6 Å². The lowest BCUT2D eigenvalue weighted by Crippen LogP contribution is -2.39. The second kappa shape index (κ2) is 12.4. The van der Waals surface area contributed by atoms with Crippen molar-refractivity contribution in [1.29, 1.82) is 5.26 Å². The van der Waals surface area contributed by atoms with Crippen molar-refractivity contribution in [2.45, 2.75) is 71.9 Å². The number of benzene rings is 2. The van der Waals surface area contributed by atoms with Crippen molar-refractivity contribution in [3.63, 3.8) is 0 Å². The highest BCUT2D eigenvalue weighted by molar-refractivity contribution is 5.98. The van der Waals surface area contributed by atoms with Crippen molar-refractivity contribution >= 4 is 11.5 Å². The number of rotatable bonds is 9. The minimum atomic E-state index is -0.880. The molecule has 2 N–H and O–H groups in total. The van der Waals surface area contributed by atoms with Crippen LogP contribution < -0.4 is 5.73 Å². The summed E-state index contributed by atoms with van der Waals surface area (Å²) < 4.78 is 6.15. The molecule has 1 aromatic heterocycles. The van der Waals surface area contributed by atoms with Crippen LogP contribution in [0.2, 0.25) is 0 Å². The molecule has 0 radical (unpaired) electrons. The number of aromatic nitrogens is 2. The summed E-state index contributed by atoms with van der Waals surface area (Å²) in [5.74, 6) is 0.995. The Morgan fingerprint density at radius 3 is 2.58 bits per heavy atom. The first kappa shape index (κ1) is 29.0. The Labute approximate surface area is 237 Å². The molecule has 2 unspecified atom stereocenters. The van der Waals surface area contributed by atoms with Gasteiger partial charge in [-0.1, -0.05) is 62.8 Å². The van der Waals surface area contributed by atoms with E-state index in [2.05, 4.69) is 30.1 Å². The van der Waals surface area contributed by atoms with Crippen LogP contribution in [0.15, 0.2) is 70.7 Å². The van der Waals surface area contributed by atoms with Gasteiger partial charge in [0.2, 0.25) is 11.8 Å². The van der Waals surface area contributed by atoms with E-state index in [9.17, 15) is 10.1 Å². The minimum absolute atomic E-state index is 0.0205. The fraction of sp³-hybridized carbons (Fsp3) is 0.394. The zero-order valence-electron chi connectivity index (χ0n) is 24.1. The van der Waals surface area contributed by atoms with E-state index in [0.29, 0.717) is 34.9 Å². The standard InChI is InChI=1S/C33H39N5O2/c1-6-22(4)29-15-12-16-38(29)31(39)27-18-25(28(8-3)24(7-2)21-34)17-26(19-27)30-36-37-32(40-30)33(5,35)20-23-13-10-9-11-14-23/h7-11,13-14,17-19,22,29H,6,12,15-16,20,35H2,1-5H3/b24-7-,28-8+/t22?,29?,33-/m1/s1. The number of amides is 1. The maximum absolute atomic E-state index is 13.9. The Hall–Kier alpha value is -4.02. The van der Waals surface area contributed by atoms with Crippen molar-refractivity contribution in [3.05, 3.63) is 88.8 Å². The number of allylic oxidation sites excluding steroid dienone is 4. The number of likely N-dealkylation sites (tertiary alicyclic amines) is 1. The van der Waals surface area contributed by atoms with E-state index in [-0.39, 0.29) is 17.8 Å². The molecule has 3 aromatic rings. The van der Waals surface area contributed by atoms with Gasteiger partial charge in [0.25, 0.3) is 5.91 Å². The molecule has 4 rings (SSSR count). The highest BCUT2D eigenvalue weighted by Crippen LogP contribution is 2.33. The van der Waals surface area contributed by atoms with E-state index in [4.69, 9.17) is 10.2 Å². The number of hydrogen-bond acceptors (Lipinski definition) is 6. The van der Waals surface area contributed by atoms with E-state index in [0.717, 1.165) is 42.5 Å². The monoisotopic (exact) mass is 537 g/mol. The highest BCUT2D eigenvalue weighted by atomic mass is 16.4. The van der Waals surface area contributed by atoms with Gasteiger partial charge in [-0.15, -0.1) is 10.2 Å². The van der Waals surface area contributed by atoms with Crippen LogP contribution in [0.3, 0.4) is 0 Å². The summed E-state index contributed by atoms with van der Waals surface area (Å²) in [7, 11) is 0. The van der Waals surface area contributed by atoms with Crippen LogP contribution in [-0.2, 0) is 12.0 Å². The normalized spacial score (nSPS) is 18.3. The van der Waals surface area contributed by atoms with Gasteiger partial charge in [0.05, 0.1) is 17.2 Å². The maximum atomic E-state index is 13.9. The molecule has 1 aliphatic rings. The van der Waals surface area contributed by atoms with Crippen LogP contribution in [0, 0.1) is 17.2 Å². The summed E-state index contributed by atoms with van der Waals surface area (Å²) in [6.45, 7) is 10.7. The van der Waals surface area contributed by atoms with Gasteiger partial charge in [-0.3, -0.25) is 4.79 Å². The van der Waals surface area contributed by atoms with Crippen LogP contribution in [0.5, 0.6) is 0 Å². The van der Waals surface area contributed by atoms with Crippen LogP contribution >= 0.6 is 0 Å². The van der Waals surface area contributed by atoms with E-state index < -0.39 is 5.54 Å². The van der Waals surface area contributed by atoms with Gasteiger partial charge < -0.3 is 15.1 Å². The summed E-state index contributed by atoms with van der Waals surface area (Å²) in [5, 5.41) is 18.4. The number of hydrogen-bond donors (Lipinski definition) is 1. The van der Waals surface area contributed by atoms with Crippen LogP contribution in [0.1, 0.15) is 81.3 Å². The Balaban J connectivity index is 1.77. The molecule has 1 saturated heterocycles. The van der Waals surface area contributed by atoms with Crippen molar-refractivity contribution in [1.82, 2.24) is 15.1 Å². The molecule has 40 heavy (non-hydrogen) atoms. The minimum Gasteiger partial charge on any atom is -0.419 e. The van der Waals surface area contributed by atoms with Gasteiger partial charge in [0.1, 0.15) is 0 Å². The van der Waals surface area contributed by atoms with Crippen LogP contribution in [0.4, 0.5) is 0 Å². The van der Waals surface area contributed by atoms with E-state index >= 15 is 0 Å². The SMILES string of the molecule is C/C=C(\C(C#N)=C/C)c1cc(C(=O)N2CCCC2C(C)CC)cc(-c2nnc([C@](C)(N)Cc3ccccc3)o2)c1. The fourth-order valence-electron chi connectivity index (χ4n) is 5.53.